The fourth-order valence-electron chi connectivity index (χ4n) is 2.09. The first-order valence-corrected chi connectivity index (χ1v) is 7.14. The van der Waals surface area contributed by atoms with Crippen molar-refractivity contribution in [3.05, 3.63) is 12.7 Å². The lowest BCUT2D eigenvalue weighted by molar-refractivity contribution is -0.182. The van der Waals surface area contributed by atoms with Gasteiger partial charge in [-0.2, -0.15) is 0 Å². The van der Waals surface area contributed by atoms with Gasteiger partial charge in [-0.25, -0.2) is 9.59 Å². The molecule has 1 aliphatic heterocycles. The number of carbonyl (C=O) groups is 2. The number of ether oxygens (including phenoxy) is 3. The predicted molar refractivity (Wildman–Crippen MR) is 77.9 cm³/mol. The quantitative estimate of drug-likeness (QED) is 0.588. The molecular formula is C15H25NO5. The fraction of sp³-hybridized carbons (Fsp3) is 0.733. The van der Waals surface area contributed by atoms with E-state index in [2.05, 4.69) is 6.58 Å². The van der Waals surface area contributed by atoms with Crippen LogP contribution >= 0.6 is 0 Å². The van der Waals surface area contributed by atoms with E-state index in [-0.39, 0.29) is 26.2 Å². The molecule has 0 aromatic carbocycles. The first kappa shape index (κ1) is 17.5. The minimum atomic E-state index is -1.19. The number of hydrogen-bond donors (Lipinski definition) is 0. The maximum atomic E-state index is 12.2. The van der Waals surface area contributed by atoms with Crippen molar-refractivity contribution in [2.75, 3.05) is 26.3 Å². The van der Waals surface area contributed by atoms with Crippen LogP contribution in [0.3, 0.4) is 0 Å². The fourth-order valence-corrected chi connectivity index (χ4v) is 2.09. The van der Waals surface area contributed by atoms with E-state index >= 15 is 0 Å². The number of morpholine rings is 1. The van der Waals surface area contributed by atoms with Crippen LogP contribution in [-0.4, -0.2) is 54.5 Å². The number of amides is 1. The van der Waals surface area contributed by atoms with Gasteiger partial charge >= 0.3 is 12.1 Å². The number of nitrogens with zero attached hydrogens (tertiary/aromatic N) is 1. The van der Waals surface area contributed by atoms with Gasteiger partial charge in [0.1, 0.15) is 5.60 Å². The molecule has 0 spiro atoms. The Bertz CT molecular complexity index is 401. The van der Waals surface area contributed by atoms with Crippen molar-refractivity contribution in [1.82, 2.24) is 4.90 Å². The molecule has 1 saturated heterocycles. The third kappa shape index (κ3) is 4.74. The molecule has 6 heteroatoms. The smallest absolute Gasteiger partial charge is 0.410 e. The molecular weight excluding hydrogens is 274 g/mol. The monoisotopic (exact) mass is 299 g/mol. The minimum Gasteiger partial charge on any atom is -0.464 e. The zero-order chi connectivity index (χ0) is 16.1. The Kier molecular flexibility index (Phi) is 5.78. The maximum absolute atomic E-state index is 12.2. The van der Waals surface area contributed by atoms with Gasteiger partial charge < -0.3 is 19.1 Å². The normalized spacial score (nSPS) is 22.6. The van der Waals surface area contributed by atoms with Crippen LogP contribution < -0.4 is 0 Å². The molecule has 0 N–H and O–H groups in total. The van der Waals surface area contributed by atoms with Gasteiger partial charge in [0.05, 0.1) is 19.8 Å². The highest BCUT2D eigenvalue weighted by molar-refractivity contribution is 5.81. The Morgan fingerprint density at radius 3 is 2.62 bits per heavy atom. The summed E-state index contributed by atoms with van der Waals surface area (Å²) in [4.78, 5) is 25.8. The SMILES string of the molecule is C=CCC1(C(=O)OCC)CN(C(=O)OC(C)(C)C)CCO1. The van der Waals surface area contributed by atoms with Crippen LogP contribution in [0.25, 0.3) is 0 Å². The summed E-state index contributed by atoms with van der Waals surface area (Å²) in [6.45, 7) is 11.8. The highest BCUT2D eigenvalue weighted by Crippen LogP contribution is 2.25. The molecule has 0 saturated carbocycles. The van der Waals surface area contributed by atoms with Crippen LogP contribution in [0.15, 0.2) is 12.7 Å². The molecule has 0 aromatic rings. The minimum absolute atomic E-state index is 0.104. The molecule has 120 valence electrons. The van der Waals surface area contributed by atoms with Crippen LogP contribution in [0.2, 0.25) is 0 Å². The molecule has 0 bridgehead atoms. The molecule has 1 aliphatic rings. The number of esters is 1. The van der Waals surface area contributed by atoms with E-state index in [1.807, 2.05) is 0 Å². The van der Waals surface area contributed by atoms with Gasteiger partial charge in [-0.15, -0.1) is 6.58 Å². The van der Waals surface area contributed by atoms with Crippen molar-refractivity contribution in [3.63, 3.8) is 0 Å². The Morgan fingerprint density at radius 1 is 1.43 bits per heavy atom. The van der Waals surface area contributed by atoms with E-state index in [0.717, 1.165) is 0 Å². The van der Waals surface area contributed by atoms with Gasteiger partial charge in [0.25, 0.3) is 0 Å². The van der Waals surface area contributed by atoms with E-state index in [0.29, 0.717) is 6.54 Å². The summed E-state index contributed by atoms with van der Waals surface area (Å²) >= 11 is 0. The van der Waals surface area contributed by atoms with Gasteiger partial charge in [0.15, 0.2) is 5.60 Å². The molecule has 0 aliphatic carbocycles. The van der Waals surface area contributed by atoms with Crippen LogP contribution in [0, 0.1) is 0 Å². The van der Waals surface area contributed by atoms with Crippen molar-refractivity contribution in [2.45, 2.75) is 45.3 Å². The second-order valence-electron chi connectivity index (χ2n) is 5.96. The summed E-state index contributed by atoms with van der Waals surface area (Å²) in [7, 11) is 0. The maximum Gasteiger partial charge on any atom is 0.410 e. The molecule has 1 fully saturated rings. The summed E-state index contributed by atoms with van der Waals surface area (Å²) in [6.07, 6.45) is 1.42. The zero-order valence-electron chi connectivity index (χ0n) is 13.3. The Balaban J connectivity index is 2.85. The van der Waals surface area contributed by atoms with Gasteiger partial charge in [-0.3, -0.25) is 0 Å². The van der Waals surface area contributed by atoms with Gasteiger partial charge in [-0.05, 0) is 27.7 Å². The van der Waals surface area contributed by atoms with Gasteiger partial charge in [0.2, 0.25) is 0 Å². The summed E-state index contributed by atoms with van der Waals surface area (Å²) < 4.78 is 16.1. The average molecular weight is 299 g/mol. The van der Waals surface area contributed by atoms with E-state index in [1.54, 1.807) is 33.8 Å². The molecule has 21 heavy (non-hydrogen) atoms. The molecule has 1 atom stereocenters. The van der Waals surface area contributed by atoms with Crippen molar-refractivity contribution in [1.29, 1.82) is 0 Å². The Morgan fingerprint density at radius 2 is 2.10 bits per heavy atom. The molecule has 1 unspecified atom stereocenters. The van der Waals surface area contributed by atoms with Crippen LogP contribution in [-0.2, 0) is 19.0 Å². The largest absolute Gasteiger partial charge is 0.464 e. The van der Waals surface area contributed by atoms with Gasteiger partial charge in [-0.1, -0.05) is 6.08 Å². The van der Waals surface area contributed by atoms with E-state index < -0.39 is 23.3 Å². The molecule has 1 amide bonds. The van der Waals surface area contributed by atoms with Crippen LogP contribution in [0.4, 0.5) is 4.79 Å². The zero-order valence-corrected chi connectivity index (χ0v) is 13.3. The summed E-state index contributed by atoms with van der Waals surface area (Å²) in [6, 6.07) is 0. The number of carbonyl (C=O) groups excluding carboxylic acids is 2. The Labute approximate surface area is 126 Å². The molecule has 0 aromatic heterocycles. The first-order chi connectivity index (χ1) is 9.74. The lowest BCUT2D eigenvalue weighted by Gasteiger charge is -2.40. The summed E-state index contributed by atoms with van der Waals surface area (Å²) in [5, 5.41) is 0. The summed E-state index contributed by atoms with van der Waals surface area (Å²) in [5.74, 6) is -0.474. The topological polar surface area (TPSA) is 65.1 Å². The second-order valence-corrected chi connectivity index (χ2v) is 5.96. The highest BCUT2D eigenvalue weighted by Gasteiger charge is 2.46. The number of rotatable bonds is 4. The number of hydrogen-bond acceptors (Lipinski definition) is 5. The third-order valence-corrected chi connectivity index (χ3v) is 2.96. The molecule has 1 heterocycles. The summed E-state index contributed by atoms with van der Waals surface area (Å²) in [5.41, 5.74) is -1.77. The van der Waals surface area contributed by atoms with E-state index in [9.17, 15) is 9.59 Å². The van der Waals surface area contributed by atoms with Crippen molar-refractivity contribution < 1.29 is 23.8 Å². The molecule has 0 radical (unpaired) electrons. The predicted octanol–water partition coefficient (Wildman–Crippen LogP) is 2.13. The Hall–Kier alpha value is -1.56. The molecule has 1 rings (SSSR count). The first-order valence-electron chi connectivity index (χ1n) is 7.14. The van der Waals surface area contributed by atoms with Crippen molar-refractivity contribution >= 4 is 12.1 Å². The van der Waals surface area contributed by atoms with Gasteiger partial charge in [0, 0.05) is 13.0 Å². The standard InChI is InChI=1S/C15H25NO5/c1-6-8-15(12(17)19-7-2)11-16(9-10-20-15)13(18)21-14(3,4)5/h6H,1,7-11H2,2-5H3. The van der Waals surface area contributed by atoms with E-state index in [1.165, 1.54) is 4.90 Å². The average Bonchev–Trinajstić information content (AvgIpc) is 2.37. The van der Waals surface area contributed by atoms with Crippen molar-refractivity contribution in [2.24, 2.45) is 0 Å². The third-order valence-electron chi connectivity index (χ3n) is 2.96. The van der Waals surface area contributed by atoms with E-state index in [4.69, 9.17) is 14.2 Å². The van der Waals surface area contributed by atoms with Crippen LogP contribution in [0.5, 0.6) is 0 Å². The second kappa shape index (κ2) is 6.93. The highest BCUT2D eigenvalue weighted by atomic mass is 16.6. The lowest BCUT2D eigenvalue weighted by atomic mass is 9.97. The van der Waals surface area contributed by atoms with Crippen LogP contribution in [0.1, 0.15) is 34.1 Å². The van der Waals surface area contributed by atoms with Crippen molar-refractivity contribution in [3.8, 4) is 0 Å². The molecule has 6 nitrogen and oxygen atoms in total. The lowest BCUT2D eigenvalue weighted by Crippen LogP contribution is -2.58.